The van der Waals surface area contributed by atoms with Crippen LogP contribution in [0.3, 0.4) is 0 Å². The molecule has 0 radical (unpaired) electrons. The molecule has 18 heavy (non-hydrogen) atoms. The van der Waals surface area contributed by atoms with E-state index in [1.165, 1.54) is 5.56 Å². The lowest BCUT2D eigenvalue weighted by molar-refractivity contribution is 0.149. The molecule has 100 valence electrons. The monoisotopic (exact) mass is 331 g/mol. The minimum atomic E-state index is 0.202. The fourth-order valence-electron chi connectivity index (χ4n) is 2.45. The Kier molecular flexibility index (Phi) is 5.07. The predicted molar refractivity (Wildman–Crippen MR) is 79.3 cm³/mol. The zero-order valence-electron chi connectivity index (χ0n) is 10.6. The largest absolute Gasteiger partial charge is 0.381 e. The molecule has 2 rings (SSSR count). The van der Waals surface area contributed by atoms with Crippen LogP contribution in [0.4, 0.5) is 0 Å². The molecule has 1 aliphatic heterocycles. The van der Waals surface area contributed by atoms with Gasteiger partial charge in [0.05, 0.1) is 6.61 Å². The van der Waals surface area contributed by atoms with Crippen molar-refractivity contribution in [3.05, 3.63) is 33.3 Å². The maximum Gasteiger partial charge on any atom is 0.0538 e. The number of nitrogens with one attached hydrogen (secondary N) is 1. The molecule has 0 amide bonds. The van der Waals surface area contributed by atoms with Crippen molar-refractivity contribution in [2.24, 2.45) is 5.41 Å². The van der Waals surface area contributed by atoms with Crippen LogP contribution in [0.5, 0.6) is 0 Å². The van der Waals surface area contributed by atoms with E-state index in [-0.39, 0.29) is 5.41 Å². The maximum atomic E-state index is 6.31. The number of ether oxygens (including phenoxy) is 1. The molecule has 1 aliphatic rings. The van der Waals surface area contributed by atoms with E-state index >= 15 is 0 Å². The molecule has 1 saturated heterocycles. The van der Waals surface area contributed by atoms with Crippen molar-refractivity contribution in [2.75, 3.05) is 26.3 Å². The van der Waals surface area contributed by atoms with Gasteiger partial charge in [-0.3, -0.25) is 0 Å². The van der Waals surface area contributed by atoms with E-state index in [2.05, 4.69) is 40.3 Å². The normalized spacial score (nSPS) is 23.5. The summed E-state index contributed by atoms with van der Waals surface area (Å²) < 4.78 is 6.63. The second-order valence-electron chi connectivity index (χ2n) is 5.00. The number of hydrogen-bond acceptors (Lipinski definition) is 2. The van der Waals surface area contributed by atoms with Gasteiger partial charge in [0.2, 0.25) is 0 Å². The molecule has 1 N–H and O–H groups in total. The Balaban J connectivity index is 2.13. The highest BCUT2D eigenvalue weighted by atomic mass is 79.9. The first kappa shape index (κ1) is 14.3. The molecule has 0 saturated carbocycles. The van der Waals surface area contributed by atoms with E-state index in [0.717, 1.165) is 48.6 Å². The fraction of sp³-hybridized carbons (Fsp3) is 0.571. The summed E-state index contributed by atoms with van der Waals surface area (Å²) in [6.45, 7) is 5.81. The molecule has 1 aromatic rings. The minimum Gasteiger partial charge on any atom is -0.381 e. The van der Waals surface area contributed by atoms with E-state index < -0.39 is 0 Å². The van der Waals surface area contributed by atoms with Crippen LogP contribution in [0.2, 0.25) is 5.02 Å². The Bertz CT molecular complexity index is 405. The third kappa shape index (κ3) is 3.47. The van der Waals surface area contributed by atoms with Gasteiger partial charge in [-0.1, -0.05) is 40.5 Å². The predicted octanol–water partition coefficient (Wildman–Crippen LogP) is 3.66. The first-order valence-electron chi connectivity index (χ1n) is 6.38. The van der Waals surface area contributed by atoms with Crippen LogP contribution in [0.25, 0.3) is 0 Å². The van der Waals surface area contributed by atoms with E-state index in [9.17, 15) is 0 Å². The molecule has 0 spiro atoms. The van der Waals surface area contributed by atoms with E-state index in [0.29, 0.717) is 0 Å². The Morgan fingerprint density at radius 1 is 1.50 bits per heavy atom. The summed E-state index contributed by atoms with van der Waals surface area (Å²) in [6.07, 6.45) is 2.08. The van der Waals surface area contributed by atoms with Gasteiger partial charge in [0.25, 0.3) is 0 Å². The minimum absolute atomic E-state index is 0.202. The quantitative estimate of drug-likeness (QED) is 0.888. The third-order valence-electron chi connectivity index (χ3n) is 3.52. The lowest BCUT2D eigenvalue weighted by atomic mass is 9.81. The molecule has 0 bridgehead atoms. The van der Waals surface area contributed by atoms with Gasteiger partial charge in [-0.2, -0.15) is 0 Å². The third-order valence-corrected chi connectivity index (χ3v) is 4.36. The molecule has 1 atom stereocenters. The topological polar surface area (TPSA) is 21.3 Å². The van der Waals surface area contributed by atoms with Crippen molar-refractivity contribution in [1.29, 1.82) is 0 Å². The Morgan fingerprint density at radius 2 is 2.33 bits per heavy atom. The van der Waals surface area contributed by atoms with E-state index in [1.807, 2.05) is 6.07 Å². The summed E-state index contributed by atoms with van der Waals surface area (Å²) in [6, 6.07) is 6.13. The average molecular weight is 333 g/mol. The molecule has 1 heterocycles. The van der Waals surface area contributed by atoms with Crippen molar-refractivity contribution < 1.29 is 4.74 Å². The van der Waals surface area contributed by atoms with Crippen LogP contribution >= 0.6 is 27.5 Å². The summed E-state index contributed by atoms with van der Waals surface area (Å²) in [5, 5.41) is 4.29. The number of rotatable bonds is 5. The van der Waals surface area contributed by atoms with Crippen molar-refractivity contribution in [2.45, 2.75) is 19.8 Å². The van der Waals surface area contributed by atoms with Crippen LogP contribution in [-0.2, 0) is 11.2 Å². The highest BCUT2D eigenvalue weighted by Crippen LogP contribution is 2.35. The van der Waals surface area contributed by atoms with E-state index in [4.69, 9.17) is 16.3 Å². The average Bonchev–Trinajstić information content (AvgIpc) is 2.80. The van der Waals surface area contributed by atoms with Gasteiger partial charge in [0.1, 0.15) is 0 Å². The van der Waals surface area contributed by atoms with Gasteiger partial charge >= 0.3 is 0 Å². The van der Waals surface area contributed by atoms with Gasteiger partial charge in [0, 0.05) is 28.1 Å². The second-order valence-corrected chi connectivity index (χ2v) is 6.32. The van der Waals surface area contributed by atoms with Crippen LogP contribution in [-0.4, -0.2) is 26.3 Å². The van der Waals surface area contributed by atoms with Crippen molar-refractivity contribution >= 4 is 27.5 Å². The summed E-state index contributed by atoms with van der Waals surface area (Å²) in [7, 11) is 0. The highest BCUT2D eigenvalue weighted by molar-refractivity contribution is 9.10. The molecule has 2 nitrogen and oxygen atoms in total. The van der Waals surface area contributed by atoms with Crippen molar-refractivity contribution in [3.63, 3.8) is 0 Å². The fourth-order valence-corrected chi connectivity index (χ4v) is 3.19. The molecule has 1 unspecified atom stereocenters. The van der Waals surface area contributed by atoms with E-state index in [1.54, 1.807) is 0 Å². The van der Waals surface area contributed by atoms with Crippen LogP contribution in [0.15, 0.2) is 22.7 Å². The van der Waals surface area contributed by atoms with Gasteiger partial charge in [0.15, 0.2) is 0 Å². The first-order chi connectivity index (χ1) is 8.65. The molecule has 0 aromatic heterocycles. The summed E-state index contributed by atoms with van der Waals surface area (Å²) >= 11 is 9.76. The smallest absolute Gasteiger partial charge is 0.0538 e. The standard InChI is InChI=1S/C14H19BrClNO/c1-2-17-9-14(5-6-18-10-14)8-11-3-4-12(15)7-13(11)16/h3-4,7,17H,2,5-6,8-10H2,1H3. The van der Waals surface area contributed by atoms with Gasteiger partial charge in [-0.15, -0.1) is 0 Å². The SMILES string of the molecule is CCNCC1(Cc2ccc(Br)cc2Cl)CCOC1. The summed E-state index contributed by atoms with van der Waals surface area (Å²) in [4.78, 5) is 0. The maximum absolute atomic E-state index is 6.31. The lowest BCUT2D eigenvalue weighted by Gasteiger charge is -2.28. The Morgan fingerprint density at radius 3 is 2.94 bits per heavy atom. The number of hydrogen-bond donors (Lipinski definition) is 1. The molecule has 1 fully saturated rings. The summed E-state index contributed by atoms with van der Waals surface area (Å²) in [5.74, 6) is 0. The van der Waals surface area contributed by atoms with Crippen LogP contribution in [0, 0.1) is 5.41 Å². The Labute approximate surface area is 122 Å². The zero-order valence-corrected chi connectivity index (χ0v) is 13.0. The molecular formula is C14H19BrClNO. The van der Waals surface area contributed by atoms with Crippen LogP contribution in [0.1, 0.15) is 18.9 Å². The first-order valence-corrected chi connectivity index (χ1v) is 7.55. The molecule has 4 heteroatoms. The second kappa shape index (κ2) is 6.38. The van der Waals surface area contributed by atoms with Gasteiger partial charge < -0.3 is 10.1 Å². The summed E-state index contributed by atoms with van der Waals surface area (Å²) in [5.41, 5.74) is 1.41. The molecular weight excluding hydrogens is 314 g/mol. The zero-order chi connectivity index (χ0) is 13.0. The van der Waals surface area contributed by atoms with Crippen LogP contribution < -0.4 is 5.32 Å². The molecule has 0 aliphatic carbocycles. The number of halogens is 2. The molecule has 1 aromatic carbocycles. The van der Waals surface area contributed by atoms with Crippen molar-refractivity contribution in [3.8, 4) is 0 Å². The van der Waals surface area contributed by atoms with Crippen molar-refractivity contribution in [1.82, 2.24) is 5.32 Å². The number of benzene rings is 1. The Hall–Kier alpha value is -0.0900. The van der Waals surface area contributed by atoms with Gasteiger partial charge in [-0.05, 0) is 37.1 Å². The lowest BCUT2D eigenvalue weighted by Crippen LogP contribution is -2.36. The highest BCUT2D eigenvalue weighted by Gasteiger charge is 2.35. The van der Waals surface area contributed by atoms with Gasteiger partial charge in [-0.25, -0.2) is 0 Å².